The second-order valence-corrected chi connectivity index (χ2v) is 13.0. The molecule has 2 atom stereocenters. The van der Waals surface area contributed by atoms with Crippen molar-refractivity contribution in [1.82, 2.24) is 4.98 Å². The maximum absolute atomic E-state index is 11.4. The minimum atomic E-state index is -0.333. The summed E-state index contributed by atoms with van der Waals surface area (Å²) in [4.78, 5) is 4.84. The Kier molecular flexibility index (Phi) is 11.6. The topological polar surface area (TPSA) is 53.4 Å². The zero-order chi connectivity index (χ0) is 29.7. The van der Waals surface area contributed by atoms with Crippen molar-refractivity contribution >= 4 is 21.7 Å². The summed E-state index contributed by atoms with van der Waals surface area (Å²) in [6.07, 6.45) is 10.6. The van der Waals surface area contributed by atoms with Crippen LogP contribution in [-0.2, 0) is 20.1 Å². The molecule has 0 saturated heterocycles. The van der Waals surface area contributed by atoms with Crippen LogP contribution in [0.15, 0.2) is 72.8 Å². The molecular weight excluding hydrogens is 707 g/mol. The monoisotopic (exact) mass is 757 g/mol. The molecule has 3 nitrogen and oxygen atoms in total. The normalized spacial score (nSPS) is 24.5. The second kappa shape index (κ2) is 14.8. The third-order valence-corrected chi connectivity index (χ3v) is 11.4. The van der Waals surface area contributed by atoms with Crippen LogP contribution in [0.25, 0.3) is 32.9 Å². The van der Waals surface area contributed by atoms with Gasteiger partial charge in [0.2, 0.25) is 0 Å². The Morgan fingerprint density at radius 1 is 0.721 bits per heavy atom. The van der Waals surface area contributed by atoms with Crippen molar-refractivity contribution in [3.05, 3.63) is 78.9 Å². The van der Waals surface area contributed by atoms with Crippen LogP contribution in [0.2, 0.25) is 0 Å². The van der Waals surface area contributed by atoms with E-state index in [1.807, 2.05) is 24.3 Å². The van der Waals surface area contributed by atoms with E-state index >= 15 is 0 Å². The SMILES string of the molecule is CCC1(CC)CCCC2CCCC(CC)(CC)C(O)C2C1O.[Ir].[c-]1ccccc1-c1ccc2ccc3ccccc3c2n1. The molecular formula is C39H50IrNO2-. The number of aliphatic hydroxyl groups is 2. The average molecular weight is 757 g/mol. The second-order valence-electron chi connectivity index (χ2n) is 13.0. The maximum Gasteiger partial charge on any atom is 0.0673 e. The minimum absolute atomic E-state index is 0. The van der Waals surface area contributed by atoms with Gasteiger partial charge in [-0.1, -0.05) is 89.1 Å². The van der Waals surface area contributed by atoms with E-state index in [0.29, 0.717) is 5.92 Å². The average Bonchev–Trinajstić information content (AvgIpc) is 3.28. The molecule has 2 fully saturated rings. The number of hydrogen-bond acceptors (Lipinski definition) is 3. The van der Waals surface area contributed by atoms with Gasteiger partial charge < -0.3 is 10.2 Å². The number of pyridine rings is 1. The van der Waals surface area contributed by atoms with Gasteiger partial charge in [0, 0.05) is 31.4 Å². The number of fused-ring (bicyclic) bond motifs is 4. The van der Waals surface area contributed by atoms with Crippen molar-refractivity contribution < 1.29 is 30.3 Å². The zero-order valence-electron chi connectivity index (χ0n) is 26.5. The molecule has 1 heterocycles. The Hall–Kier alpha value is -2.10. The van der Waals surface area contributed by atoms with E-state index in [4.69, 9.17) is 4.98 Å². The third-order valence-electron chi connectivity index (χ3n) is 11.4. The Balaban J connectivity index is 0.000000193. The Labute approximate surface area is 272 Å². The maximum atomic E-state index is 11.4. The third kappa shape index (κ3) is 6.64. The fraction of sp³-hybridized carbons (Fsp3) is 0.513. The predicted octanol–water partition coefficient (Wildman–Crippen LogP) is 9.77. The molecule has 4 aromatic rings. The van der Waals surface area contributed by atoms with Crippen LogP contribution in [0.3, 0.4) is 0 Å². The first kappa shape index (κ1) is 33.8. The van der Waals surface area contributed by atoms with Crippen molar-refractivity contribution in [3.8, 4) is 11.3 Å². The van der Waals surface area contributed by atoms with Crippen molar-refractivity contribution in [2.24, 2.45) is 22.7 Å². The number of benzene rings is 3. The van der Waals surface area contributed by atoms with Gasteiger partial charge in [-0.3, -0.25) is 4.98 Å². The molecule has 2 aliphatic rings. The van der Waals surface area contributed by atoms with E-state index in [2.05, 4.69) is 82.3 Å². The first-order valence-electron chi connectivity index (χ1n) is 16.5. The molecule has 0 aliphatic heterocycles. The summed E-state index contributed by atoms with van der Waals surface area (Å²) in [5.74, 6) is 0.606. The first-order valence-corrected chi connectivity index (χ1v) is 16.5. The Morgan fingerprint density at radius 2 is 1.28 bits per heavy atom. The molecule has 1 radical (unpaired) electrons. The van der Waals surface area contributed by atoms with Crippen molar-refractivity contribution in [2.45, 2.75) is 104 Å². The quantitative estimate of drug-likeness (QED) is 0.158. The largest absolute Gasteiger partial charge is 0.392 e. The van der Waals surface area contributed by atoms with E-state index < -0.39 is 0 Å². The molecule has 2 aliphatic carbocycles. The molecule has 43 heavy (non-hydrogen) atoms. The van der Waals surface area contributed by atoms with Gasteiger partial charge in [0.05, 0.1) is 17.7 Å². The summed E-state index contributed by atoms with van der Waals surface area (Å²) in [5, 5.41) is 26.3. The number of nitrogens with zero attached hydrogens (tertiary/aromatic N) is 1. The van der Waals surface area contributed by atoms with Crippen LogP contribution in [0, 0.1) is 28.7 Å². The number of aliphatic hydroxyl groups excluding tert-OH is 2. The molecule has 0 spiro atoms. The van der Waals surface area contributed by atoms with E-state index in [-0.39, 0.29) is 49.1 Å². The Morgan fingerprint density at radius 3 is 1.86 bits per heavy atom. The first-order chi connectivity index (χ1) is 20.4. The van der Waals surface area contributed by atoms with Crippen molar-refractivity contribution in [2.75, 3.05) is 0 Å². The fourth-order valence-electron chi connectivity index (χ4n) is 8.37. The van der Waals surface area contributed by atoms with E-state index in [9.17, 15) is 10.2 Å². The van der Waals surface area contributed by atoms with Gasteiger partial charge in [0.25, 0.3) is 0 Å². The van der Waals surface area contributed by atoms with Crippen LogP contribution < -0.4 is 0 Å². The van der Waals surface area contributed by atoms with Crippen molar-refractivity contribution in [1.29, 1.82) is 0 Å². The smallest absolute Gasteiger partial charge is 0.0673 e. The zero-order valence-corrected chi connectivity index (χ0v) is 28.9. The van der Waals surface area contributed by atoms with E-state index in [1.54, 1.807) is 0 Å². The van der Waals surface area contributed by atoms with Gasteiger partial charge in [-0.05, 0) is 84.6 Å². The number of aromatic nitrogens is 1. The molecule has 6 rings (SSSR count). The molecule has 0 bridgehead atoms. The van der Waals surface area contributed by atoms with Gasteiger partial charge in [0.15, 0.2) is 0 Å². The van der Waals surface area contributed by atoms with Crippen LogP contribution in [-0.4, -0.2) is 27.4 Å². The number of hydrogen-bond donors (Lipinski definition) is 2. The van der Waals surface area contributed by atoms with Gasteiger partial charge in [-0.15, -0.1) is 35.9 Å². The van der Waals surface area contributed by atoms with Gasteiger partial charge in [-0.2, -0.15) is 0 Å². The molecule has 2 N–H and O–H groups in total. The van der Waals surface area contributed by atoms with Crippen LogP contribution in [0.5, 0.6) is 0 Å². The summed E-state index contributed by atoms with van der Waals surface area (Å²) >= 11 is 0. The summed E-state index contributed by atoms with van der Waals surface area (Å²) in [5.41, 5.74) is 3.10. The molecule has 3 aromatic carbocycles. The summed E-state index contributed by atoms with van der Waals surface area (Å²) in [6, 6.07) is 28.0. The molecule has 2 unspecified atom stereocenters. The summed E-state index contributed by atoms with van der Waals surface area (Å²) in [6.45, 7) is 8.90. The fourth-order valence-corrected chi connectivity index (χ4v) is 8.37. The molecule has 4 heteroatoms. The Bertz CT molecular complexity index is 1410. The summed E-state index contributed by atoms with van der Waals surface area (Å²) in [7, 11) is 0. The molecule has 233 valence electrons. The van der Waals surface area contributed by atoms with E-state index in [0.717, 1.165) is 55.3 Å². The summed E-state index contributed by atoms with van der Waals surface area (Å²) < 4.78 is 0. The minimum Gasteiger partial charge on any atom is -0.392 e. The van der Waals surface area contributed by atoms with Gasteiger partial charge >= 0.3 is 0 Å². The van der Waals surface area contributed by atoms with Crippen LogP contribution >= 0.6 is 0 Å². The van der Waals surface area contributed by atoms with Crippen molar-refractivity contribution in [3.63, 3.8) is 0 Å². The molecule has 2 saturated carbocycles. The van der Waals surface area contributed by atoms with Gasteiger partial charge in [0.1, 0.15) is 0 Å². The van der Waals surface area contributed by atoms with Gasteiger partial charge in [-0.25, -0.2) is 0 Å². The van der Waals surface area contributed by atoms with E-state index in [1.165, 1.54) is 41.8 Å². The standard InChI is InChI=1S/C20H38O2.C19H12N.Ir/c1-5-19(6-2)13-9-11-15-12-10-14-20(7-3,8-4)18(22)16(15)17(19)21;1-2-7-15(8-3-1)18-13-12-16-11-10-14-6-4-5-9-17(14)19(16)20-18;/h15-18,21-22H,5-14H2,1-4H3;1-7,9-13H;/q;-1;. The molecule has 1 aromatic heterocycles. The van der Waals surface area contributed by atoms with Crippen LogP contribution in [0.1, 0.15) is 91.9 Å². The predicted molar refractivity (Wildman–Crippen MR) is 176 cm³/mol. The number of rotatable bonds is 5. The molecule has 0 amide bonds. The van der Waals surface area contributed by atoms with Crippen LogP contribution in [0.4, 0.5) is 0 Å².